The van der Waals surface area contributed by atoms with Crippen LogP contribution in [0.2, 0.25) is 10.0 Å². The maximum Gasteiger partial charge on any atom is 0.329 e. The minimum Gasteiger partial charge on any atom is -0.493 e. The van der Waals surface area contributed by atoms with E-state index >= 15 is 0 Å². The molecular weight excluding hydrogens is 745 g/mol. The predicted molar refractivity (Wildman–Crippen MR) is 222 cm³/mol. The molecule has 8 rings (SSSR count). The van der Waals surface area contributed by atoms with E-state index < -0.39 is 11.5 Å². The Morgan fingerprint density at radius 2 is 1.84 bits per heavy atom. The van der Waals surface area contributed by atoms with Crippen molar-refractivity contribution < 1.29 is 24.1 Å². The molecule has 0 unspecified atom stereocenters. The maximum atomic E-state index is 13.1. The molecule has 56 heavy (non-hydrogen) atoms. The molecule has 0 amide bonds. The molecule has 3 aromatic carbocycles. The number of halogens is 2. The van der Waals surface area contributed by atoms with E-state index in [0.717, 1.165) is 78.6 Å². The average molecular weight is 799 g/mol. The number of benzene rings is 3. The Balaban J connectivity index is 1.03. The van der Waals surface area contributed by atoms with Gasteiger partial charge in [0.05, 0.1) is 6.61 Å². The first-order valence-electron chi connectivity index (χ1n) is 20.3. The Morgan fingerprint density at radius 3 is 2.61 bits per heavy atom. The Kier molecular flexibility index (Phi) is 11.2. The van der Waals surface area contributed by atoms with E-state index in [1.165, 1.54) is 28.8 Å². The topological polar surface area (TPSA) is 93.2 Å². The molecule has 2 N–H and O–H groups in total. The number of anilines is 1. The number of aliphatic carboxylic acids is 1. The lowest BCUT2D eigenvalue weighted by Crippen LogP contribution is -2.53. The Labute approximate surface area is 340 Å². The van der Waals surface area contributed by atoms with Crippen molar-refractivity contribution >= 4 is 34.9 Å². The third-order valence-corrected chi connectivity index (χ3v) is 13.4. The summed E-state index contributed by atoms with van der Waals surface area (Å²) in [5.74, 6) is 2.75. The number of likely N-dealkylation sites (N-methyl/N-ethyl adjacent to an activating group) is 1. The largest absolute Gasteiger partial charge is 0.493 e. The van der Waals surface area contributed by atoms with Gasteiger partial charge >= 0.3 is 5.97 Å². The standard InChI is InChI=1S/C46H53Cl2N3O5/c1-29(27-54-40-13-18-49-39-12-4-7-30(2)43(39)40)19-33-21-32-22-41-42(56-37(28-55-41)26-51(3)25-31-8-5-9-34(47)20-31)24-38(32)45(33)14-16-46(17-15-45,44(52)53)50-36-11-6-10-35(48)23-36/h5-6,8-11,13,18,20,22-24,29-30,33,37,50H,4,7,12,14-17,19,21,25-28H2,1-3H3,(H,52,53)/t29-,30-,33+,37+,45?,46?/m1/s1. The zero-order chi connectivity index (χ0) is 39.0. The maximum absolute atomic E-state index is 13.1. The number of rotatable bonds is 12. The molecular formula is C46H53Cl2N3O5. The first-order chi connectivity index (χ1) is 27.0. The van der Waals surface area contributed by atoms with Gasteiger partial charge in [-0.3, -0.25) is 9.88 Å². The zero-order valence-electron chi connectivity index (χ0n) is 32.7. The molecule has 2 heterocycles. The highest BCUT2D eigenvalue weighted by atomic mass is 35.5. The molecule has 1 spiro atoms. The third-order valence-electron chi connectivity index (χ3n) is 12.9. The summed E-state index contributed by atoms with van der Waals surface area (Å²) in [5.41, 5.74) is 5.59. The Bertz CT molecular complexity index is 2070. The van der Waals surface area contributed by atoms with Crippen molar-refractivity contribution in [3.8, 4) is 17.2 Å². The average Bonchev–Trinajstić information content (AvgIpc) is 3.44. The van der Waals surface area contributed by atoms with Gasteiger partial charge < -0.3 is 24.6 Å². The van der Waals surface area contributed by atoms with Gasteiger partial charge in [-0.1, -0.05) is 55.2 Å². The number of aryl methyl sites for hydroxylation is 1. The lowest BCUT2D eigenvalue weighted by Gasteiger charge is -2.47. The van der Waals surface area contributed by atoms with E-state index in [-0.39, 0.29) is 17.4 Å². The van der Waals surface area contributed by atoms with E-state index in [9.17, 15) is 9.90 Å². The molecule has 296 valence electrons. The summed E-state index contributed by atoms with van der Waals surface area (Å²) in [6.45, 7) is 7.12. The fourth-order valence-corrected chi connectivity index (χ4v) is 10.6. The van der Waals surface area contributed by atoms with Gasteiger partial charge in [0.15, 0.2) is 11.5 Å². The fraction of sp³-hybridized carbons (Fsp3) is 0.478. The molecule has 1 saturated carbocycles. The van der Waals surface area contributed by atoms with Crippen molar-refractivity contribution in [1.29, 1.82) is 0 Å². The number of carbonyl (C=O) groups is 1. The molecule has 8 nitrogen and oxygen atoms in total. The first kappa shape index (κ1) is 38.9. The summed E-state index contributed by atoms with van der Waals surface area (Å²) in [6.07, 6.45) is 9.42. The summed E-state index contributed by atoms with van der Waals surface area (Å²) in [6, 6.07) is 21.8. The lowest BCUT2D eigenvalue weighted by atomic mass is 9.59. The van der Waals surface area contributed by atoms with Crippen LogP contribution < -0.4 is 19.5 Å². The highest BCUT2D eigenvalue weighted by Crippen LogP contribution is 2.58. The number of fused-ring (bicyclic) bond motifs is 4. The van der Waals surface area contributed by atoms with Crippen LogP contribution in [-0.2, 0) is 29.6 Å². The van der Waals surface area contributed by atoms with Gasteiger partial charge in [0.2, 0.25) is 0 Å². The monoisotopic (exact) mass is 797 g/mol. The zero-order valence-corrected chi connectivity index (χ0v) is 34.2. The van der Waals surface area contributed by atoms with Gasteiger partial charge in [-0.05, 0) is 153 Å². The summed E-state index contributed by atoms with van der Waals surface area (Å²) in [5, 5.41) is 15.5. The Morgan fingerprint density at radius 1 is 1.05 bits per heavy atom. The molecule has 10 heteroatoms. The smallest absolute Gasteiger partial charge is 0.329 e. The van der Waals surface area contributed by atoms with Gasteiger partial charge in [-0.2, -0.15) is 0 Å². The fourth-order valence-electron chi connectivity index (χ4n) is 10.2. The van der Waals surface area contributed by atoms with Crippen LogP contribution in [0.25, 0.3) is 0 Å². The minimum absolute atomic E-state index is 0.135. The van der Waals surface area contributed by atoms with Crippen LogP contribution in [0.5, 0.6) is 17.2 Å². The highest BCUT2D eigenvalue weighted by Gasteiger charge is 2.54. The molecule has 4 atom stereocenters. The second kappa shape index (κ2) is 16.1. The number of hydrogen-bond acceptors (Lipinski definition) is 7. The van der Waals surface area contributed by atoms with Crippen LogP contribution in [0.1, 0.15) is 92.7 Å². The second-order valence-electron chi connectivity index (χ2n) is 17.0. The van der Waals surface area contributed by atoms with E-state index in [1.807, 2.05) is 42.6 Å². The van der Waals surface area contributed by atoms with E-state index in [4.69, 9.17) is 37.4 Å². The molecule has 4 aliphatic rings. The molecule has 0 saturated heterocycles. The number of ether oxygens (including phenoxy) is 3. The molecule has 0 radical (unpaired) electrons. The number of nitrogens with one attached hydrogen (secondary N) is 1. The summed E-state index contributed by atoms with van der Waals surface area (Å²) in [4.78, 5) is 20.0. The normalized spacial score (nSPS) is 25.7. The van der Waals surface area contributed by atoms with Crippen LogP contribution in [0.15, 0.2) is 72.9 Å². The summed E-state index contributed by atoms with van der Waals surface area (Å²) in [7, 11) is 2.09. The molecule has 1 aliphatic heterocycles. The van der Waals surface area contributed by atoms with Crippen LogP contribution in [0, 0.1) is 11.8 Å². The van der Waals surface area contributed by atoms with Crippen molar-refractivity contribution in [3.05, 3.63) is 111 Å². The number of hydrogen-bond donors (Lipinski definition) is 2. The van der Waals surface area contributed by atoms with Gasteiger partial charge in [-0.15, -0.1) is 0 Å². The van der Waals surface area contributed by atoms with Crippen molar-refractivity contribution in [2.45, 2.75) is 101 Å². The van der Waals surface area contributed by atoms with Crippen LogP contribution in [0.3, 0.4) is 0 Å². The highest BCUT2D eigenvalue weighted by molar-refractivity contribution is 6.31. The van der Waals surface area contributed by atoms with E-state index in [0.29, 0.717) is 49.5 Å². The van der Waals surface area contributed by atoms with Crippen LogP contribution >= 0.6 is 23.2 Å². The molecule has 1 aromatic heterocycles. The molecule has 0 bridgehead atoms. The minimum atomic E-state index is -1.10. The number of aromatic nitrogens is 1. The van der Waals surface area contributed by atoms with Gasteiger partial charge in [0.1, 0.15) is 24.0 Å². The number of nitrogens with zero attached hydrogens (tertiary/aromatic N) is 2. The summed E-state index contributed by atoms with van der Waals surface area (Å²) < 4.78 is 19.7. The molecule has 1 fully saturated rings. The summed E-state index contributed by atoms with van der Waals surface area (Å²) >= 11 is 12.6. The van der Waals surface area contributed by atoms with Gasteiger partial charge in [-0.25, -0.2) is 4.79 Å². The quantitative estimate of drug-likeness (QED) is 0.146. The molecule has 3 aliphatic carbocycles. The van der Waals surface area contributed by atoms with Crippen molar-refractivity contribution in [2.24, 2.45) is 11.8 Å². The number of pyridine rings is 1. The lowest BCUT2D eigenvalue weighted by molar-refractivity contribution is -0.144. The SMILES string of the molecule is C[C@@H](COc1ccnc2c1[C@H](C)CCC2)C[C@H]1Cc2cc3c(cc2C12CCC(Nc1cccc(Cl)c1)(C(=O)O)CC2)O[C@@H](CN(C)Cc1cccc(Cl)c1)CO3. The number of carboxylic acids is 1. The van der Waals surface area contributed by atoms with Crippen LogP contribution in [0.4, 0.5) is 5.69 Å². The van der Waals surface area contributed by atoms with Crippen molar-refractivity contribution in [3.63, 3.8) is 0 Å². The van der Waals surface area contributed by atoms with Gasteiger partial charge in [0, 0.05) is 46.3 Å². The van der Waals surface area contributed by atoms with Crippen molar-refractivity contribution in [1.82, 2.24) is 9.88 Å². The van der Waals surface area contributed by atoms with E-state index in [1.54, 1.807) is 12.1 Å². The molecule has 4 aromatic rings. The third kappa shape index (κ3) is 7.94. The van der Waals surface area contributed by atoms with Crippen LogP contribution in [-0.4, -0.2) is 59.4 Å². The predicted octanol–water partition coefficient (Wildman–Crippen LogP) is 10.1. The van der Waals surface area contributed by atoms with E-state index in [2.05, 4.69) is 54.3 Å². The number of carboxylic acid groups (broad SMARTS) is 1. The van der Waals surface area contributed by atoms with Crippen molar-refractivity contribution in [2.75, 3.05) is 32.1 Å². The van der Waals surface area contributed by atoms with Gasteiger partial charge in [0.25, 0.3) is 0 Å². The Hall–Kier alpha value is -3.98. The first-order valence-corrected chi connectivity index (χ1v) is 21.0. The second-order valence-corrected chi connectivity index (χ2v) is 17.9.